The largest absolute Gasteiger partial charge is 0.495 e. The Bertz CT molecular complexity index is 772. The van der Waals surface area contributed by atoms with Crippen molar-refractivity contribution >= 4 is 15.7 Å². The normalized spacial score (nSPS) is 11.2. The minimum Gasteiger partial charge on any atom is -0.495 e. The van der Waals surface area contributed by atoms with Crippen molar-refractivity contribution < 1.29 is 17.5 Å². The number of nitrogens with one attached hydrogen (secondary N) is 1. The predicted molar refractivity (Wildman–Crippen MR) is 79.7 cm³/mol. The molecule has 0 radical (unpaired) electrons. The van der Waals surface area contributed by atoms with Crippen molar-refractivity contribution in [2.24, 2.45) is 0 Å². The molecule has 0 fully saturated rings. The molecule has 0 aromatic heterocycles. The van der Waals surface area contributed by atoms with Crippen LogP contribution in [0.1, 0.15) is 11.1 Å². The third-order valence-corrected chi connectivity index (χ3v) is 4.44. The van der Waals surface area contributed by atoms with E-state index in [2.05, 4.69) is 4.72 Å². The highest BCUT2D eigenvalue weighted by molar-refractivity contribution is 7.92. The molecule has 0 aliphatic rings. The molecule has 0 amide bonds. The van der Waals surface area contributed by atoms with E-state index in [1.165, 1.54) is 13.2 Å². The van der Waals surface area contributed by atoms with Gasteiger partial charge in [0.2, 0.25) is 0 Å². The third kappa shape index (κ3) is 3.33. The molecule has 0 spiro atoms. The maximum Gasteiger partial charge on any atom is 0.265 e. The summed E-state index contributed by atoms with van der Waals surface area (Å²) in [5.74, 6) is -0.550. The van der Waals surface area contributed by atoms with E-state index in [4.69, 9.17) is 4.74 Å². The van der Waals surface area contributed by atoms with Crippen molar-refractivity contribution in [3.63, 3.8) is 0 Å². The number of anilines is 1. The fourth-order valence-corrected chi connectivity index (χ4v) is 3.21. The molecule has 21 heavy (non-hydrogen) atoms. The molecule has 0 saturated carbocycles. The van der Waals surface area contributed by atoms with Gasteiger partial charge in [0.1, 0.15) is 16.5 Å². The Morgan fingerprint density at radius 1 is 1.10 bits per heavy atom. The number of aryl methyl sites for hydroxylation is 2. The Hall–Kier alpha value is -2.08. The summed E-state index contributed by atoms with van der Waals surface area (Å²) >= 11 is 0. The zero-order valence-electron chi connectivity index (χ0n) is 12.0. The van der Waals surface area contributed by atoms with E-state index in [0.717, 1.165) is 23.3 Å². The van der Waals surface area contributed by atoms with Gasteiger partial charge in [0.15, 0.2) is 0 Å². The van der Waals surface area contributed by atoms with Gasteiger partial charge in [-0.1, -0.05) is 12.1 Å². The zero-order chi connectivity index (χ0) is 15.6. The summed E-state index contributed by atoms with van der Waals surface area (Å²) in [6.07, 6.45) is 0. The Morgan fingerprint density at radius 3 is 2.48 bits per heavy atom. The SMILES string of the molecule is COc1ccc(F)cc1S(=O)(=O)Nc1cc(C)ccc1C. The summed E-state index contributed by atoms with van der Waals surface area (Å²) in [7, 11) is -2.60. The summed E-state index contributed by atoms with van der Waals surface area (Å²) < 4.78 is 45.7. The first-order valence-electron chi connectivity index (χ1n) is 6.27. The quantitative estimate of drug-likeness (QED) is 0.943. The van der Waals surface area contributed by atoms with E-state index in [-0.39, 0.29) is 10.6 Å². The lowest BCUT2D eigenvalue weighted by Crippen LogP contribution is -2.15. The van der Waals surface area contributed by atoms with Crippen LogP contribution in [0.5, 0.6) is 5.75 Å². The number of hydrogen-bond donors (Lipinski definition) is 1. The highest BCUT2D eigenvalue weighted by atomic mass is 32.2. The van der Waals surface area contributed by atoms with E-state index in [0.29, 0.717) is 5.69 Å². The van der Waals surface area contributed by atoms with Crippen molar-refractivity contribution in [1.29, 1.82) is 0 Å². The van der Waals surface area contributed by atoms with Gasteiger partial charge in [-0.15, -0.1) is 0 Å². The van der Waals surface area contributed by atoms with Gasteiger partial charge in [-0.3, -0.25) is 4.72 Å². The Balaban J connectivity index is 2.48. The fraction of sp³-hybridized carbons (Fsp3) is 0.200. The van der Waals surface area contributed by atoms with Crippen molar-refractivity contribution in [3.05, 3.63) is 53.3 Å². The van der Waals surface area contributed by atoms with Gasteiger partial charge < -0.3 is 4.74 Å². The molecule has 1 N–H and O–H groups in total. The van der Waals surface area contributed by atoms with Crippen molar-refractivity contribution in [2.75, 3.05) is 11.8 Å². The molecule has 0 saturated heterocycles. The molecule has 0 heterocycles. The summed E-state index contributed by atoms with van der Waals surface area (Å²) in [5, 5.41) is 0. The van der Waals surface area contributed by atoms with E-state index < -0.39 is 15.8 Å². The molecule has 112 valence electrons. The first-order chi connectivity index (χ1) is 9.83. The van der Waals surface area contributed by atoms with Gasteiger partial charge in [0.05, 0.1) is 12.8 Å². The van der Waals surface area contributed by atoms with Crippen LogP contribution in [0, 0.1) is 19.7 Å². The molecular weight excluding hydrogens is 293 g/mol. The van der Waals surface area contributed by atoms with Crippen molar-refractivity contribution in [2.45, 2.75) is 18.7 Å². The molecular formula is C15H16FNO3S. The van der Waals surface area contributed by atoms with Crippen molar-refractivity contribution in [3.8, 4) is 5.75 Å². The van der Waals surface area contributed by atoms with Gasteiger partial charge >= 0.3 is 0 Å². The van der Waals surface area contributed by atoms with E-state index in [1.54, 1.807) is 13.0 Å². The minimum atomic E-state index is -3.93. The number of sulfonamides is 1. The summed E-state index contributed by atoms with van der Waals surface area (Å²) in [5.41, 5.74) is 2.16. The lowest BCUT2D eigenvalue weighted by molar-refractivity contribution is 0.401. The van der Waals surface area contributed by atoms with Crippen LogP contribution in [-0.2, 0) is 10.0 Å². The zero-order valence-corrected chi connectivity index (χ0v) is 12.8. The van der Waals surface area contributed by atoms with Crippen LogP contribution in [0.25, 0.3) is 0 Å². The first kappa shape index (κ1) is 15.3. The summed E-state index contributed by atoms with van der Waals surface area (Å²) in [6.45, 7) is 3.65. The Kier molecular flexibility index (Phi) is 4.18. The van der Waals surface area contributed by atoms with Gasteiger partial charge in [-0.25, -0.2) is 12.8 Å². The number of halogens is 1. The Morgan fingerprint density at radius 2 is 1.81 bits per heavy atom. The molecule has 6 heteroatoms. The highest BCUT2D eigenvalue weighted by Gasteiger charge is 2.21. The van der Waals surface area contributed by atoms with Crippen LogP contribution in [0.3, 0.4) is 0 Å². The molecule has 2 aromatic carbocycles. The predicted octanol–water partition coefficient (Wildman–Crippen LogP) is 3.25. The van der Waals surface area contributed by atoms with E-state index >= 15 is 0 Å². The van der Waals surface area contributed by atoms with Crippen LogP contribution in [0.4, 0.5) is 10.1 Å². The lowest BCUT2D eigenvalue weighted by atomic mass is 10.1. The van der Waals surface area contributed by atoms with Gasteiger partial charge in [-0.05, 0) is 49.2 Å². The van der Waals surface area contributed by atoms with Crippen LogP contribution < -0.4 is 9.46 Å². The van der Waals surface area contributed by atoms with Crippen LogP contribution >= 0.6 is 0 Å². The molecule has 2 aromatic rings. The van der Waals surface area contributed by atoms with Crippen LogP contribution in [-0.4, -0.2) is 15.5 Å². The lowest BCUT2D eigenvalue weighted by Gasteiger charge is -2.13. The summed E-state index contributed by atoms with van der Waals surface area (Å²) in [4.78, 5) is -0.231. The Labute approximate surface area is 123 Å². The number of ether oxygens (including phenoxy) is 1. The second-order valence-electron chi connectivity index (χ2n) is 4.72. The average molecular weight is 309 g/mol. The molecule has 0 atom stereocenters. The number of methoxy groups -OCH3 is 1. The topological polar surface area (TPSA) is 55.4 Å². The van der Waals surface area contributed by atoms with Crippen LogP contribution in [0.2, 0.25) is 0 Å². The molecule has 0 aliphatic carbocycles. The van der Waals surface area contributed by atoms with Crippen molar-refractivity contribution in [1.82, 2.24) is 0 Å². The molecule has 2 rings (SSSR count). The van der Waals surface area contributed by atoms with E-state index in [1.807, 2.05) is 19.1 Å². The molecule has 0 bridgehead atoms. The van der Waals surface area contributed by atoms with Gasteiger partial charge in [-0.2, -0.15) is 0 Å². The molecule has 4 nitrogen and oxygen atoms in total. The second kappa shape index (κ2) is 5.73. The highest BCUT2D eigenvalue weighted by Crippen LogP contribution is 2.27. The monoisotopic (exact) mass is 309 g/mol. The third-order valence-electron chi connectivity index (χ3n) is 3.05. The maximum atomic E-state index is 13.3. The minimum absolute atomic E-state index is 0.0919. The number of benzene rings is 2. The standard InChI is InChI=1S/C15H16FNO3S/c1-10-4-5-11(2)13(8-10)17-21(18,19)15-9-12(16)6-7-14(15)20-3/h4-9,17H,1-3H3. The van der Waals surface area contributed by atoms with E-state index in [9.17, 15) is 12.8 Å². The molecule has 0 unspecified atom stereocenters. The molecule has 0 aliphatic heterocycles. The smallest absolute Gasteiger partial charge is 0.265 e. The van der Waals surface area contributed by atoms with Gasteiger partial charge in [0, 0.05) is 0 Å². The average Bonchev–Trinajstić information content (AvgIpc) is 2.42. The summed E-state index contributed by atoms with van der Waals surface area (Å²) in [6, 6.07) is 8.79. The fourth-order valence-electron chi connectivity index (χ4n) is 1.91. The number of hydrogen-bond acceptors (Lipinski definition) is 3. The van der Waals surface area contributed by atoms with Gasteiger partial charge in [0.25, 0.3) is 10.0 Å². The maximum absolute atomic E-state index is 13.3. The second-order valence-corrected chi connectivity index (χ2v) is 6.37. The first-order valence-corrected chi connectivity index (χ1v) is 7.75. The number of rotatable bonds is 4. The van der Waals surface area contributed by atoms with Crippen LogP contribution in [0.15, 0.2) is 41.3 Å².